The van der Waals surface area contributed by atoms with Gasteiger partial charge in [0.2, 0.25) is 0 Å². The zero-order valence-electron chi connectivity index (χ0n) is 13.2. The van der Waals surface area contributed by atoms with E-state index in [1.165, 1.54) is 17.3 Å². The molecule has 2 aromatic heterocycles. The number of H-pyrrole nitrogens is 1. The van der Waals surface area contributed by atoms with E-state index in [4.69, 9.17) is 4.42 Å². The van der Waals surface area contributed by atoms with Gasteiger partial charge >= 0.3 is 0 Å². The Morgan fingerprint density at radius 1 is 1.17 bits per heavy atom. The third-order valence-corrected chi connectivity index (χ3v) is 4.52. The molecule has 0 saturated heterocycles. The molecule has 0 atom stereocenters. The summed E-state index contributed by atoms with van der Waals surface area (Å²) < 4.78 is 5.54. The highest BCUT2D eigenvalue weighted by atomic mass is 32.2. The molecule has 6 heteroatoms. The first-order valence-electron chi connectivity index (χ1n) is 7.25. The zero-order chi connectivity index (χ0) is 16.4. The lowest BCUT2D eigenvalue weighted by Gasteiger charge is -2.08. The van der Waals surface area contributed by atoms with E-state index in [0.29, 0.717) is 11.1 Å². The van der Waals surface area contributed by atoms with Crippen molar-refractivity contribution >= 4 is 17.5 Å². The van der Waals surface area contributed by atoms with Crippen LogP contribution in [0.4, 0.5) is 0 Å². The summed E-state index contributed by atoms with van der Waals surface area (Å²) in [6, 6.07) is 7.71. The molecule has 1 N–H and O–H groups in total. The molecule has 0 unspecified atom stereocenters. The summed E-state index contributed by atoms with van der Waals surface area (Å²) in [6.07, 6.45) is 1.79. The highest BCUT2D eigenvalue weighted by Gasteiger charge is 2.14. The maximum Gasteiger partial charge on any atom is 0.277 e. The highest BCUT2D eigenvalue weighted by molar-refractivity contribution is 7.99. The number of carbonyl (C=O) groups excluding carboxylic acids is 1. The Morgan fingerprint density at radius 3 is 2.70 bits per heavy atom. The van der Waals surface area contributed by atoms with Crippen molar-refractivity contribution in [1.29, 1.82) is 0 Å². The van der Waals surface area contributed by atoms with Crippen molar-refractivity contribution in [2.24, 2.45) is 0 Å². The van der Waals surface area contributed by atoms with Gasteiger partial charge in [-0.25, -0.2) is 0 Å². The lowest BCUT2D eigenvalue weighted by atomic mass is 9.99. The van der Waals surface area contributed by atoms with Crippen LogP contribution >= 0.6 is 11.8 Å². The average molecular weight is 327 g/mol. The molecule has 0 bridgehead atoms. The molecule has 118 valence electrons. The molecular formula is C17H17N3O2S. The number of nitrogens with zero attached hydrogens (tertiary/aromatic N) is 2. The first kappa shape index (κ1) is 15.6. The third-order valence-electron chi connectivity index (χ3n) is 3.70. The Bertz CT molecular complexity index is 838. The Hall–Kier alpha value is -2.34. The van der Waals surface area contributed by atoms with Crippen LogP contribution in [0.25, 0.3) is 11.6 Å². The van der Waals surface area contributed by atoms with Crippen molar-refractivity contribution in [2.75, 3.05) is 5.75 Å². The Labute approximate surface area is 138 Å². The molecule has 0 fully saturated rings. The predicted molar refractivity (Wildman–Crippen MR) is 89.8 cm³/mol. The van der Waals surface area contributed by atoms with E-state index >= 15 is 0 Å². The molecule has 0 radical (unpaired) electrons. The number of nitrogens with one attached hydrogen (secondary N) is 1. The first-order valence-corrected chi connectivity index (χ1v) is 8.24. The maximum atomic E-state index is 12.4. The Kier molecular flexibility index (Phi) is 4.34. The van der Waals surface area contributed by atoms with Gasteiger partial charge in [0.15, 0.2) is 5.78 Å². The number of aromatic nitrogens is 3. The number of hydrogen-bond acceptors (Lipinski definition) is 5. The van der Waals surface area contributed by atoms with E-state index in [1.54, 1.807) is 6.20 Å². The first-order chi connectivity index (χ1) is 11.0. The van der Waals surface area contributed by atoms with Crippen molar-refractivity contribution in [3.05, 3.63) is 52.7 Å². The number of thioether (sulfide) groups is 1. The fourth-order valence-electron chi connectivity index (χ4n) is 2.31. The van der Waals surface area contributed by atoms with Gasteiger partial charge in [-0.05, 0) is 55.7 Å². The number of hydrogen-bond donors (Lipinski definition) is 1. The minimum atomic E-state index is 0.0650. The normalized spacial score (nSPS) is 10.9. The van der Waals surface area contributed by atoms with Crippen LogP contribution in [0.1, 0.15) is 27.0 Å². The van der Waals surface area contributed by atoms with Crippen molar-refractivity contribution < 1.29 is 9.21 Å². The van der Waals surface area contributed by atoms with Crippen molar-refractivity contribution in [3.8, 4) is 11.6 Å². The average Bonchev–Trinajstić information content (AvgIpc) is 3.19. The third kappa shape index (κ3) is 3.37. The second-order valence-electron chi connectivity index (χ2n) is 5.42. The molecule has 3 aromatic rings. The number of rotatable bonds is 5. The van der Waals surface area contributed by atoms with Crippen molar-refractivity contribution in [3.63, 3.8) is 0 Å². The summed E-state index contributed by atoms with van der Waals surface area (Å²) in [5.74, 6) is 0.762. The fraction of sp³-hybridized carbons (Fsp3) is 0.235. The minimum absolute atomic E-state index is 0.0650. The van der Waals surface area contributed by atoms with Crippen LogP contribution in [-0.4, -0.2) is 26.7 Å². The monoisotopic (exact) mass is 327 g/mol. The van der Waals surface area contributed by atoms with Gasteiger partial charge < -0.3 is 9.40 Å². The molecular weight excluding hydrogens is 310 g/mol. The second-order valence-corrected chi connectivity index (χ2v) is 6.35. The number of benzene rings is 1. The maximum absolute atomic E-state index is 12.4. The van der Waals surface area contributed by atoms with Crippen LogP contribution in [0.2, 0.25) is 0 Å². The number of aryl methyl sites for hydroxylation is 3. The van der Waals surface area contributed by atoms with Crippen LogP contribution in [0, 0.1) is 20.8 Å². The van der Waals surface area contributed by atoms with Gasteiger partial charge in [0.25, 0.3) is 11.1 Å². The number of Topliss-reactive ketones (excluding diaryl/α,β-unsaturated/α-hetero) is 1. The summed E-state index contributed by atoms with van der Waals surface area (Å²) in [6.45, 7) is 6.02. The van der Waals surface area contributed by atoms with E-state index < -0.39 is 0 Å². The second kappa shape index (κ2) is 6.42. The van der Waals surface area contributed by atoms with E-state index in [-0.39, 0.29) is 11.5 Å². The molecule has 5 nitrogen and oxygen atoms in total. The summed E-state index contributed by atoms with van der Waals surface area (Å²) in [5, 5.41) is 8.33. The smallest absolute Gasteiger partial charge is 0.277 e. The van der Waals surface area contributed by atoms with Crippen molar-refractivity contribution in [1.82, 2.24) is 15.2 Å². The van der Waals surface area contributed by atoms with Crippen LogP contribution < -0.4 is 0 Å². The standard InChI is InChI=1S/C17H17N3O2S/c1-10-7-12(3)13(8-11(10)2)15(21)9-23-17-20-19-16(22-17)14-5-4-6-18-14/h4-8,18H,9H2,1-3H3. The van der Waals surface area contributed by atoms with Crippen LogP contribution in [0.3, 0.4) is 0 Å². The van der Waals surface area contributed by atoms with Crippen molar-refractivity contribution in [2.45, 2.75) is 26.0 Å². The molecule has 23 heavy (non-hydrogen) atoms. The predicted octanol–water partition coefficient (Wildman–Crippen LogP) is 3.96. The molecule has 0 aliphatic rings. The highest BCUT2D eigenvalue weighted by Crippen LogP contribution is 2.24. The number of carbonyl (C=O) groups is 1. The quantitative estimate of drug-likeness (QED) is 0.567. The van der Waals surface area contributed by atoms with Gasteiger partial charge in [0.05, 0.1) is 5.75 Å². The van der Waals surface area contributed by atoms with Crippen LogP contribution in [0.5, 0.6) is 0 Å². The largest absolute Gasteiger partial charge is 0.410 e. The summed E-state index contributed by atoms with van der Waals surface area (Å²) >= 11 is 1.26. The van der Waals surface area contributed by atoms with Gasteiger partial charge in [-0.3, -0.25) is 4.79 Å². The Balaban J connectivity index is 1.69. The molecule has 0 saturated carbocycles. The minimum Gasteiger partial charge on any atom is -0.410 e. The topological polar surface area (TPSA) is 71.8 Å². The van der Waals surface area contributed by atoms with Gasteiger partial charge in [-0.1, -0.05) is 17.8 Å². The SMILES string of the molecule is Cc1cc(C)c(C(=O)CSc2nnc(-c3ccc[nH]3)o2)cc1C. The van der Waals surface area contributed by atoms with Crippen LogP contribution in [-0.2, 0) is 0 Å². The molecule has 0 amide bonds. The van der Waals surface area contributed by atoms with E-state index in [1.807, 2.05) is 45.0 Å². The van der Waals surface area contributed by atoms with E-state index in [2.05, 4.69) is 15.2 Å². The molecule has 0 aliphatic heterocycles. The van der Waals surface area contributed by atoms with E-state index in [9.17, 15) is 4.79 Å². The summed E-state index contributed by atoms with van der Waals surface area (Å²) in [7, 11) is 0. The molecule has 1 aromatic carbocycles. The molecule has 0 spiro atoms. The van der Waals surface area contributed by atoms with Gasteiger partial charge in [0, 0.05) is 11.8 Å². The summed E-state index contributed by atoms with van der Waals surface area (Å²) in [5.41, 5.74) is 4.83. The molecule has 3 rings (SSSR count). The van der Waals surface area contributed by atoms with Gasteiger partial charge in [-0.2, -0.15) is 0 Å². The van der Waals surface area contributed by atoms with Gasteiger partial charge in [0.1, 0.15) is 5.69 Å². The van der Waals surface area contributed by atoms with Gasteiger partial charge in [-0.15, -0.1) is 10.2 Å². The molecule has 2 heterocycles. The lowest BCUT2D eigenvalue weighted by Crippen LogP contribution is -2.06. The van der Waals surface area contributed by atoms with Crippen LogP contribution in [0.15, 0.2) is 40.1 Å². The Morgan fingerprint density at radius 2 is 1.96 bits per heavy atom. The van der Waals surface area contributed by atoms with E-state index in [0.717, 1.165) is 22.4 Å². The fourth-order valence-corrected chi connectivity index (χ4v) is 2.95. The molecule has 0 aliphatic carbocycles. The summed E-state index contributed by atoms with van der Waals surface area (Å²) in [4.78, 5) is 15.4. The zero-order valence-corrected chi connectivity index (χ0v) is 14.0. The number of aromatic amines is 1. The number of ketones is 1. The lowest BCUT2D eigenvalue weighted by molar-refractivity contribution is 0.102.